The third-order valence-electron chi connectivity index (χ3n) is 2.78. The van der Waals surface area contributed by atoms with Crippen LogP contribution in [0.5, 0.6) is 0 Å². The molecule has 2 rings (SSSR count). The number of rotatable bonds is 1. The van der Waals surface area contributed by atoms with Crippen LogP contribution in [0.25, 0.3) is 0 Å². The normalized spacial score (nSPS) is 16.5. The highest BCUT2D eigenvalue weighted by Crippen LogP contribution is 2.38. The second-order valence-electron chi connectivity index (χ2n) is 4.33. The molecular formula is C11H13N3O2. The Kier molecular flexibility index (Phi) is 2.11. The van der Waals surface area contributed by atoms with Gasteiger partial charge in [0.15, 0.2) is 0 Å². The number of benzene rings is 1. The van der Waals surface area contributed by atoms with Crippen LogP contribution in [0.15, 0.2) is 18.2 Å². The van der Waals surface area contributed by atoms with E-state index in [0.717, 1.165) is 11.3 Å². The van der Waals surface area contributed by atoms with Gasteiger partial charge in [-0.2, -0.15) is 0 Å². The fraction of sp³-hybridized carbons (Fsp3) is 0.273. The third-order valence-corrected chi connectivity index (χ3v) is 2.78. The number of nitrogens with two attached hydrogens (primary N) is 1. The summed E-state index contributed by atoms with van der Waals surface area (Å²) in [6, 6.07) is 4.63. The van der Waals surface area contributed by atoms with Gasteiger partial charge >= 0.3 is 6.03 Å². The van der Waals surface area contributed by atoms with Gasteiger partial charge in [-0.3, -0.25) is 4.79 Å². The molecule has 0 fully saturated rings. The van der Waals surface area contributed by atoms with E-state index in [9.17, 15) is 9.59 Å². The molecule has 0 bridgehead atoms. The van der Waals surface area contributed by atoms with Gasteiger partial charge in [0.05, 0.1) is 5.41 Å². The maximum atomic E-state index is 11.7. The monoisotopic (exact) mass is 219 g/mol. The van der Waals surface area contributed by atoms with E-state index >= 15 is 0 Å². The number of fused-ring (bicyclic) bond motifs is 1. The van der Waals surface area contributed by atoms with E-state index in [0.29, 0.717) is 5.69 Å². The van der Waals surface area contributed by atoms with Crippen molar-refractivity contribution in [2.24, 2.45) is 5.73 Å². The van der Waals surface area contributed by atoms with Crippen molar-refractivity contribution in [2.75, 3.05) is 10.6 Å². The van der Waals surface area contributed by atoms with E-state index < -0.39 is 11.4 Å². The number of carbonyl (C=O) groups excluding carboxylic acids is 2. The van der Waals surface area contributed by atoms with Crippen LogP contribution in [-0.4, -0.2) is 11.9 Å². The SMILES string of the molecule is CC1(C)C(=O)Nc2cc(NC(N)=O)ccc21. The number of amides is 3. The molecule has 4 N–H and O–H groups in total. The molecule has 84 valence electrons. The van der Waals surface area contributed by atoms with Gasteiger partial charge in [0.25, 0.3) is 0 Å². The molecule has 0 radical (unpaired) electrons. The van der Waals surface area contributed by atoms with Gasteiger partial charge in [-0.25, -0.2) is 4.79 Å². The number of hydrogen-bond donors (Lipinski definition) is 3. The predicted octanol–water partition coefficient (Wildman–Crippen LogP) is 1.41. The summed E-state index contributed by atoms with van der Waals surface area (Å²) in [6.45, 7) is 3.71. The lowest BCUT2D eigenvalue weighted by Gasteiger charge is -2.14. The van der Waals surface area contributed by atoms with Crippen molar-refractivity contribution < 1.29 is 9.59 Å². The van der Waals surface area contributed by atoms with E-state index in [1.165, 1.54) is 0 Å². The standard InChI is InChI=1S/C11H13N3O2/c1-11(2)7-4-3-6(13-10(12)16)5-8(7)14-9(11)15/h3-5H,1-2H3,(H,14,15)(H3,12,13,16). The molecule has 0 saturated carbocycles. The molecule has 16 heavy (non-hydrogen) atoms. The van der Waals surface area contributed by atoms with Gasteiger partial charge in [-0.1, -0.05) is 6.07 Å². The van der Waals surface area contributed by atoms with E-state index in [2.05, 4.69) is 10.6 Å². The fourth-order valence-corrected chi connectivity index (χ4v) is 1.81. The van der Waals surface area contributed by atoms with Gasteiger partial charge < -0.3 is 16.4 Å². The maximum Gasteiger partial charge on any atom is 0.316 e. The molecule has 0 unspecified atom stereocenters. The number of primary amides is 1. The highest BCUT2D eigenvalue weighted by Gasteiger charge is 2.38. The van der Waals surface area contributed by atoms with Gasteiger partial charge in [0.2, 0.25) is 5.91 Å². The molecule has 1 aliphatic rings. The first-order valence-corrected chi connectivity index (χ1v) is 4.93. The topological polar surface area (TPSA) is 84.2 Å². The zero-order chi connectivity index (χ0) is 11.9. The van der Waals surface area contributed by atoms with Gasteiger partial charge in [0.1, 0.15) is 0 Å². The molecule has 5 nitrogen and oxygen atoms in total. The van der Waals surface area contributed by atoms with Crippen LogP contribution in [0.3, 0.4) is 0 Å². The molecule has 1 aromatic carbocycles. The second-order valence-corrected chi connectivity index (χ2v) is 4.33. The maximum absolute atomic E-state index is 11.7. The summed E-state index contributed by atoms with van der Waals surface area (Å²) >= 11 is 0. The molecule has 0 atom stereocenters. The van der Waals surface area contributed by atoms with Crippen molar-refractivity contribution >= 4 is 23.3 Å². The van der Waals surface area contributed by atoms with E-state index in [-0.39, 0.29) is 5.91 Å². The van der Waals surface area contributed by atoms with Crippen LogP contribution in [0, 0.1) is 0 Å². The van der Waals surface area contributed by atoms with E-state index in [1.807, 2.05) is 19.9 Å². The van der Waals surface area contributed by atoms with E-state index in [1.54, 1.807) is 12.1 Å². The van der Waals surface area contributed by atoms with Crippen LogP contribution in [0.1, 0.15) is 19.4 Å². The third kappa shape index (κ3) is 1.50. The number of carbonyl (C=O) groups is 2. The number of hydrogen-bond acceptors (Lipinski definition) is 2. The van der Waals surface area contributed by atoms with Crippen molar-refractivity contribution in [1.82, 2.24) is 0 Å². The average Bonchev–Trinajstić information content (AvgIpc) is 2.36. The van der Waals surface area contributed by atoms with Crippen molar-refractivity contribution in [1.29, 1.82) is 0 Å². The van der Waals surface area contributed by atoms with Crippen LogP contribution in [0.4, 0.5) is 16.2 Å². The molecule has 0 aliphatic carbocycles. The van der Waals surface area contributed by atoms with Crippen LogP contribution in [0.2, 0.25) is 0 Å². The quantitative estimate of drug-likeness (QED) is 0.667. The van der Waals surface area contributed by atoms with Gasteiger partial charge in [0, 0.05) is 11.4 Å². The summed E-state index contributed by atoms with van der Waals surface area (Å²) in [7, 11) is 0. The lowest BCUT2D eigenvalue weighted by Crippen LogP contribution is -2.26. The van der Waals surface area contributed by atoms with E-state index in [4.69, 9.17) is 5.73 Å². The first kappa shape index (κ1) is 10.5. The first-order valence-electron chi connectivity index (χ1n) is 4.93. The van der Waals surface area contributed by atoms with Gasteiger partial charge in [-0.15, -0.1) is 0 Å². The van der Waals surface area contributed by atoms with Crippen LogP contribution < -0.4 is 16.4 Å². The number of nitrogens with one attached hydrogen (secondary N) is 2. The summed E-state index contributed by atoms with van der Waals surface area (Å²) in [6.07, 6.45) is 0. The summed E-state index contributed by atoms with van der Waals surface area (Å²) in [5.41, 5.74) is 6.71. The lowest BCUT2D eigenvalue weighted by atomic mass is 9.86. The summed E-state index contributed by atoms with van der Waals surface area (Å²) in [5, 5.41) is 5.23. The Hall–Kier alpha value is -2.04. The Balaban J connectivity index is 2.40. The Morgan fingerprint density at radius 1 is 1.44 bits per heavy atom. The van der Waals surface area contributed by atoms with Crippen molar-refractivity contribution in [3.63, 3.8) is 0 Å². The minimum absolute atomic E-state index is 0.0428. The van der Waals surface area contributed by atoms with Crippen LogP contribution >= 0.6 is 0 Å². The highest BCUT2D eigenvalue weighted by molar-refractivity contribution is 6.06. The Morgan fingerprint density at radius 2 is 2.12 bits per heavy atom. The highest BCUT2D eigenvalue weighted by atomic mass is 16.2. The fourth-order valence-electron chi connectivity index (χ4n) is 1.81. The molecule has 0 aromatic heterocycles. The van der Waals surface area contributed by atoms with Crippen molar-refractivity contribution in [3.05, 3.63) is 23.8 Å². The zero-order valence-electron chi connectivity index (χ0n) is 9.13. The van der Waals surface area contributed by atoms with Crippen LogP contribution in [-0.2, 0) is 10.2 Å². The molecule has 0 spiro atoms. The lowest BCUT2D eigenvalue weighted by molar-refractivity contribution is -0.119. The Labute approximate surface area is 93.0 Å². The average molecular weight is 219 g/mol. The Bertz CT molecular complexity index is 480. The predicted molar refractivity (Wildman–Crippen MR) is 61.3 cm³/mol. The molecule has 1 heterocycles. The molecule has 0 saturated heterocycles. The largest absolute Gasteiger partial charge is 0.351 e. The first-order chi connectivity index (χ1) is 7.41. The minimum Gasteiger partial charge on any atom is -0.351 e. The molecular weight excluding hydrogens is 206 g/mol. The Morgan fingerprint density at radius 3 is 2.75 bits per heavy atom. The van der Waals surface area contributed by atoms with Gasteiger partial charge in [-0.05, 0) is 31.5 Å². The van der Waals surface area contributed by atoms with Crippen molar-refractivity contribution in [2.45, 2.75) is 19.3 Å². The second kappa shape index (κ2) is 3.23. The summed E-state index contributed by atoms with van der Waals surface area (Å²) < 4.78 is 0. The molecule has 1 aromatic rings. The smallest absolute Gasteiger partial charge is 0.316 e. The minimum atomic E-state index is -0.622. The summed E-state index contributed by atoms with van der Waals surface area (Å²) in [5.74, 6) is -0.0428. The van der Waals surface area contributed by atoms with Crippen molar-refractivity contribution in [3.8, 4) is 0 Å². The number of urea groups is 1. The summed E-state index contributed by atoms with van der Waals surface area (Å²) in [4.78, 5) is 22.3. The zero-order valence-corrected chi connectivity index (χ0v) is 9.13. The molecule has 3 amide bonds. The molecule has 5 heteroatoms. The number of anilines is 2. The molecule has 1 aliphatic heterocycles.